The summed E-state index contributed by atoms with van der Waals surface area (Å²) in [7, 11) is 0. The first-order valence-corrected chi connectivity index (χ1v) is 3.18. The summed E-state index contributed by atoms with van der Waals surface area (Å²) in [5.74, 6) is 0. The molecule has 0 saturated carbocycles. The molecular weight excluding hydrogens is 110 g/mol. The van der Waals surface area contributed by atoms with Gasteiger partial charge in [-0.1, -0.05) is 17.7 Å². The zero-order valence-corrected chi connectivity index (χ0v) is 5.65. The quantitative estimate of drug-likeness (QED) is 0.554. The highest BCUT2D eigenvalue weighted by atomic mass is 14.3. The molecule has 0 heterocycles. The lowest BCUT2D eigenvalue weighted by atomic mass is 10.2. The lowest BCUT2D eigenvalue weighted by Gasteiger charge is -1.89. The topological polar surface area (TPSA) is 23.9 Å². The molecule has 0 spiro atoms. The third kappa shape index (κ3) is 2.27. The molecule has 1 aliphatic rings. The molecule has 0 aromatic carbocycles. The van der Waals surface area contributed by atoms with Crippen molar-refractivity contribution in [2.45, 2.75) is 19.8 Å². The van der Waals surface area contributed by atoms with Crippen LogP contribution in [0.1, 0.15) is 19.8 Å². The van der Waals surface area contributed by atoms with Crippen molar-refractivity contribution < 1.29 is 0 Å². The third-order valence-electron chi connectivity index (χ3n) is 1.30. The average molecular weight is 121 g/mol. The molecule has 0 fully saturated rings. The van der Waals surface area contributed by atoms with Gasteiger partial charge in [0.1, 0.15) is 0 Å². The van der Waals surface area contributed by atoms with Gasteiger partial charge in [0.15, 0.2) is 0 Å². The van der Waals surface area contributed by atoms with E-state index in [0.29, 0.717) is 0 Å². The van der Waals surface area contributed by atoms with E-state index in [0.717, 1.165) is 12.8 Å². The maximum Gasteiger partial charge on any atom is 0.00306 e. The molecule has 0 atom stereocenters. The van der Waals surface area contributed by atoms with Crippen molar-refractivity contribution in [3.8, 4) is 0 Å². The van der Waals surface area contributed by atoms with Gasteiger partial charge in [0, 0.05) is 6.42 Å². The van der Waals surface area contributed by atoms with Crippen molar-refractivity contribution in [2.75, 3.05) is 0 Å². The highest BCUT2D eigenvalue weighted by molar-refractivity contribution is 5.57. The maximum absolute atomic E-state index is 6.81. The fraction of sp³-hybridized carbons (Fsp3) is 0.375. The minimum atomic E-state index is 0.803. The van der Waals surface area contributed by atoms with E-state index in [1.807, 2.05) is 0 Å². The van der Waals surface area contributed by atoms with Gasteiger partial charge < -0.3 is 5.41 Å². The van der Waals surface area contributed by atoms with Gasteiger partial charge in [-0.15, -0.1) is 0 Å². The monoisotopic (exact) mass is 121 g/mol. The zero-order chi connectivity index (χ0) is 6.69. The second kappa shape index (κ2) is 2.62. The first-order valence-electron chi connectivity index (χ1n) is 3.18. The molecule has 1 rings (SSSR count). The number of hydrogen-bond acceptors (Lipinski definition) is 1. The fourth-order valence-electron chi connectivity index (χ4n) is 0.713. The second-order valence-electron chi connectivity index (χ2n) is 2.38. The number of rotatable bonds is 3. The average Bonchev–Trinajstić information content (AvgIpc) is 2.50. The van der Waals surface area contributed by atoms with E-state index in [1.54, 1.807) is 0 Å². The van der Waals surface area contributed by atoms with Gasteiger partial charge in [-0.05, 0) is 25.1 Å². The fourth-order valence-corrected chi connectivity index (χ4v) is 0.713. The molecule has 1 N–H and O–H groups in total. The van der Waals surface area contributed by atoms with Crippen LogP contribution in [-0.2, 0) is 0 Å². The first kappa shape index (κ1) is 6.27. The van der Waals surface area contributed by atoms with Crippen LogP contribution in [0, 0.1) is 5.41 Å². The summed E-state index contributed by atoms with van der Waals surface area (Å²) in [5, 5.41) is 6.81. The van der Waals surface area contributed by atoms with E-state index in [1.165, 1.54) is 17.4 Å². The second-order valence-corrected chi connectivity index (χ2v) is 2.38. The van der Waals surface area contributed by atoms with E-state index >= 15 is 0 Å². The van der Waals surface area contributed by atoms with Gasteiger partial charge in [0.05, 0.1) is 0 Å². The predicted octanol–water partition coefficient (Wildman–Crippen LogP) is 2.30. The lowest BCUT2D eigenvalue weighted by Crippen LogP contribution is -1.75. The van der Waals surface area contributed by atoms with Gasteiger partial charge in [0.25, 0.3) is 0 Å². The van der Waals surface area contributed by atoms with Crippen LogP contribution in [0.3, 0.4) is 0 Å². The molecular formula is C8H11N. The Morgan fingerprint density at radius 3 is 3.00 bits per heavy atom. The summed E-state index contributed by atoms with van der Waals surface area (Å²) in [4.78, 5) is 0. The van der Waals surface area contributed by atoms with Crippen molar-refractivity contribution in [3.05, 3.63) is 23.3 Å². The van der Waals surface area contributed by atoms with Crippen molar-refractivity contribution >= 4 is 6.21 Å². The predicted molar refractivity (Wildman–Crippen MR) is 39.9 cm³/mol. The number of hydrogen-bond donors (Lipinski definition) is 1. The Hall–Kier alpha value is -0.850. The summed E-state index contributed by atoms with van der Waals surface area (Å²) >= 11 is 0. The maximum atomic E-state index is 6.81. The van der Waals surface area contributed by atoms with Crippen LogP contribution in [0.15, 0.2) is 23.3 Å². The summed E-state index contributed by atoms with van der Waals surface area (Å²) < 4.78 is 0. The third-order valence-corrected chi connectivity index (χ3v) is 1.30. The highest BCUT2D eigenvalue weighted by Crippen LogP contribution is 2.21. The normalized spacial score (nSPS) is 17.0. The molecule has 1 heteroatoms. The van der Waals surface area contributed by atoms with Crippen molar-refractivity contribution in [1.29, 1.82) is 5.41 Å². The minimum Gasteiger partial charge on any atom is -0.313 e. The highest BCUT2D eigenvalue weighted by Gasteiger charge is 2.02. The van der Waals surface area contributed by atoms with E-state index in [-0.39, 0.29) is 0 Å². The van der Waals surface area contributed by atoms with Gasteiger partial charge in [-0.2, -0.15) is 0 Å². The summed E-state index contributed by atoms with van der Waals surface area (Å²) in [6.07, 6.45) is 7.75. The molecule has 48 valence electrons. The number of allylic oxidation sites excluding steroid dienone is 4. The molecule has 0 aromatic heterocycles. The Balaban J connectivity index is 2.37. The van der Waals surface area contributed by atoms with Gasteiger partial charge >= 0.3 is 0 Å². The standard InChI is InChI=1S/C8H11N/c1-7(4-5-9)6-8-2-3-8/h2,5-6,9H,3-4H2,1H3. The Bertz CT molecular complexity index is 175. The Labute approximate surface area is 55.6 Å². The van der Waals surface area contributed by atoms with Crippen LogP contribution in [0.25, 0.3) is 0 Å². The molecule has 0 aromatic rings. The van der Waals surface area contributed by atoms with Crippen molar-refractivity contribution in [3.63, 3.8) is 0 Å². The molecule has 1 nitrogen and oxygen atoms in total. The number of nitrogens with one attached hydrogen (secondary N) is 1. The molecule has 0 aliphatic heterocycles. The van der Waals surface area contributed by atoms with Crippen LogP contribution >= 0.6 is 0 Å². The van der Waals surface area contributed by atoms with Crippen LogP contribution in [-0.4, -0.2) is 6.21 Å². The minimum absolute atomic E-state index is 0.803. The van der Waals surface area contributed by atoms with Gasteiger partial charge in [-0.25, -0.2) is 0 Å². The zero-order valence-electron chi connectivity index (χ0n) is 5.65. The Kier molecular flexibility index (Phi) is 1.83. The van der Waals surface area contributed by atoms with E-state index in [4.69, 9.17) is 5.41 Å². The summed E-state index contributed by atoms with van der Waals surface area (Å²) in [6.45, 7) is 2.06. The smallest absolute Gasteiger partial charge is 0.00306 e. The lowest BCUT2D eigenvalue weighted by molar-refractivity contribution is 1.26. The van der Waals surface area contributed by atoms with Gasteiger partial charge in [0.2, 0.25) is 0 Å². The largest absolute Gasteiger partial charge is 0.313 e. The SMILES string of the molecule is CC(=CC1=CC1)CC=N. The summed E-state index contributed by atoms with van der Waals surface area (Å²) in [5.41, 5.74) is 2.71. The van der Waals surface area contributed by atoms with Crippen LogP contribution in [0.4, 0.5) is 0 Å². The van der Waals surface area contributed by atoms with E-state index in [2.05, 4.69) is 19.1 Å². The summed E-state index contributed by atoms with van der Waals surface area (Å²) in [6, 6.07) is 0. The van der Waals surface area contributed by atoms with Crippen LogP contribution < -0.4 is 0 Å². The van der Waals surface area contributed by atoms with Crippen LogP contribution in [0.2, 0.25) is 0 Å². The molecule has 9 heavy (non-hydrogen) atoms. The van der Waals surface area contributed by atoms with Crippen LogP contribution in [0.5, 0.6) is 0 Å². The molecule has 1 aliphatic carbocycles. The first-order chi connectivity index (χ1) is 4.33. The molecule has 0 amide bonds. The Morgan fingerprint density at radius 2 is 2.56 bits per heavy atom. The van der Waals surface area contributed by atoms with Crippen molar-refractivity contribution in [1.82, 2.24) is 0 Å². The van der Waals surface area contributed by atoms with E-state index < -0.39 is 0 Å². The van der Waals surface area contributed by atoms with E-state index in [9.17, 15) is 0 Å². The van der Waals surface area contributed by atoms with Crippen molar-refractivity contribution in [2.24, 2.45) is 0 Å². The molecule has 0 radical (unpaired) electrons. The molecule has 0 bridgehead atoms. The van der Waals surface area contributed by atoms with Gasteiger partial charge in [-0.3, -0.25) is 0 Å². The Morgan fingerprint density at radius 1 is 1.89 bits per heavy atom. The molecule has 0 saturated heterocycles. The molecule has 0 unspecified atom stereocenters.